The lowest BCUT2D eigenvalue weighted by Gasteiger charge is -2.14. The third-order valence-corrected chi connectivity index (χ3v) is 4.10. The molecule has 0 aliphatic rings. The number of pyridine rings is 1. The fraction of sp³-hybridized carbons (Fsp3) is 0.214. The first-order valence-electron chi connectivity index (χ1n) is 6.69. The zero-order valence-electron chi connectivity index (χ0n) is 12.2. The molecule has 3 aromatic rings. The van der Waals surface area contributed by atoms with Gasteiger partial charge in [-0.15, -0.1) is 11.3 Å². The van der Waals surface area contributed by atoms with Gasteiger partial charge in [0.05, 0.1) is 17.2 Å². The van der Waals surface area contributed by atoms with Gasteiger partial charge >= 0.3 is 5.97 Å². The number of nitrogens with zero attached hydrogens (tertiary/aromatic N) is 4. The van der Waals surface area contributed by atoms with Crippen molar-refractivity contribution in [2.24, 2.45) is 0 Å². The van der Waals surface area contributed by atoms with E-state index in [0.717, 1.165) is 6.20 Å². The first-order valence-corrected chi connectivity index (χ1v) is 7.51. The van der Waals surface area contributed by atoms with Gasteiger partial charge in [-0.3, -0.25) is 4.98 Å². The number of thiazole rings is 1. The minimum absolute atomic E-state index is 0.104. The molecule has 23 heavy (non-hydrogen) atoms. The Morgan fingerprint density at radius 3 is 2.83 bits per heavy atom. The molecule has 0 fully saturated rings. The van der Waals surface area contributed by atoms with Crippen molar-refractivity contribution in [2.45, 2.75) is 19.9 Å². The van der Waals surface area contributed by atoms with E-state index in [1.54, 1.807) is 13.8 Å². The van der Waals surface area contributed by atoms with Crippen molar-refractivity contribution in [3.8, 4) is 0 Å². The number of hydrogen-bond donors (Lipinski definition) is 2. The number of anilines is 1. The van der Waals surface area contributed by atoms with Gasteiger partial charge in [0.25, 0.3) is 0 Å². The van der Waals surface area contributed by atoms with Crippen LogP contribution in [0.2, 0.25) is 0 Å². The Bertz CT molecular complexity index is 898. The molecule has 3 rings (SSSR count). The molecule has 0 saturated heterocycles. The summed E-state index contributed by atoms with van der Waals surface area (Å²) in [5, 5.41) is 13.0. The van der Waals surface area contributed by atoms with E-state index in [4.69, 9.17) is 0 Å². The molecular weight excluding hydrogens is 321 g/mol. The lowest BCUT2D eigenvalue weighted by molar-refractivity contribution is 0.0693. The van der Waals surface area contributed by atoms with Gasteiger partial charge in [0.2, 0.25) is 5.95 Å². The standard InChI is InChI=1S/C14H12FN5O2S/c1-6(8-3-9(15)5-16-4-8)17-14-19-10(13(21)22)11-12(20-14)18-7(2)23-11/h3-6H,1-2H3,(H,21,22)(H,17,19,20)/t6-/m0/s1. The van der Waals surface area contributed by atoms with Crippen molar-refractivity contribution < 1.29 is 14.3 Å². The van der Waals surface area contributed by atoms with Crippen molar-refractivity contribution >= 4 is 33.6 Å². The minimum atomic E-state index is -1.15. The highest BCUT2D eigenvalue weighted by Gasteiger charge is 2.18. The predicted molar refractivity (Wildman–Crippen MR) is 83.1 cm³/mol. The van der Waals surface area contributed by atoms with Crippen molar-refractivity contribution in [1.29, 1.82) is 0 Å². The maximum absolute atomic E-state index is 13.2. The lowest BCUT2D eigenvalue weighted by Crippen LogP contribution is -2.12. The van der Waals surface area contributed by atoms with E-state index in [2.05, 4.69) is 25.3 Å². The van der Waals surface area contributed by atoms with Crippen LogP contribution in [0.4, 0.5) is 10.3 Å². The zero-order chi connectivity index (χ0) is 16.6. The number of aromatic nitrogens is 4. The van der Waals surface area contributed by atoms with E-state index in [1.807, 2.05) is 0 Å². The summed E-state index contributed by atoms with van der Waals surface area (Å²) in [4.78, 5) is 27.6. The van der Waals surface area contributed by atoms with Crippen LogP contribution in [0.5, 0.6) is 0 Å². The SMILES string of the molecule is Cc1nc2nc(N[C@@H](C)c3cncc(F)c3)nc(C(=O)O)c2s1. The first kappa shape index (κ1) is 15.2. The van der Waals surface area contributed by atoms with Crippen LogP contribution < -0.4 is 5.32 Å². The molecule has 0 aliphatic carbocycles. The molecule has 9 heteroatoms. The summed E-state index contributed by atoms with van der Waals surface area (Å²) in [7, 11) is 0. The van der Waals surface area contributed by atoms with Crippen LogP contribution in [-0.2, 0) is 0 Å². The Balaban J connectivity index is 1.98. The smallest absolute Gasteiger partial charge is 0.356 e. The number of aromatic carboxylic acids is 1. The Labute approximate surface area is 134 Å². The molecule has 0 radical (unpaired) electrons. The second kappa shape index (κ2) is 5.84. The van der Waals surface area contributed by atoms with Crippen LogP contribution in [0.15, 0.2) is 18.5 Å². The third kappa shape index (κ3) is 3.09. The molecule has 2 N–H and O–H groups in total. The predicted octanol–water partition coefficient (Wildman–Crippen LogP) is 2.80. The summed E-state index contributed by atoms with van der Waals surface area (Å²) in [6.07, 6.45) is 2.63. The molecule has 3 aromatic heterocycles. The summed E-state index contributed by atoms with van der Waals surface area (Å²) in [6.45, 7) is 3.54. The number of rotatable bonds is 4. The molecule has 0 saturated carbocycles. The molecular formula is C14H12FN5O2S. The number of carboxylic acid groups (broad SMARTS) is 1. The Morgan fingerprint density at radius 1 is 1.35 bits per heavy atom. The van der Waals surface area contributed by atoms with Crippen LogP contribution in [-0.4, -0.2) is 31.0 Å². The monoisotopic (exact) mass is 333 g/mol. The summed E-state index contributed by atoms with van der Waals surface area (Å²) in [5.41, 5.74) is 0.819. The molecule has 7 nitrogen and oxygen atoms in total. The molecule has 1 atom stereocenters. The fourth-order valence-electron chi connectivity index (χ4n) is 2.08. The van der Waals surface area contributed by atoms with E-state index in [9.17, 15) is 14.3 Å². The Hall–Kier alpha value is -2.68. The zero-order valence-corrected chi connectivity index (χ0v) is 13.1. The van der Waals surface area contributed by atoms with Crippen LogP contribution in [0, 0.1) is 12.7 Å². The second-order valence-electron chi connectivity index (χ2n) is 4.89. The van der Waals surface area contributed by atoms with Crippen LogP contribution in [0.1, 0.15) is 34.0 Å². The van der Waals surface area contributed by atoms with Crippen molar-refractivity contribution in [3.63, 3.8) is 0 Å². The van der Waals surface area contributed by atoms with Crippen molar-refractivity contribution in [1.82, 2.24) is 19.9 Å². The number of aryl methyl sites for hydroxylation is 1. The van der Waals surface area contributed by atoms with Gasteiger partial charge in [-0.1, -0.05) is 0 Å². The molecule has 0 bridgehead atoms. The van der Waals surface area contributed by atoms with Gasteiger partial charge in [-0.25, -0.2) is 19.2 Å². The molecule has 0 aliphatic heterocycles. The molecule has 3 heterocycles. The highest BCUT2D eigenvalue weighted by Crippen LogP contribution is 2.25. The first-order chi connectivity index (χ1) is 10.9. The van der Waals surface area contributed by atoms with Gasteiger partial charge in [-0.2, -0.15) is 4.98 Å². The van der Waals surface area contributed by atoms with E-state index in [1.165, 1.54) is 23.6 Å². The Kier molecular flexibility index (Phi) is 3.87. The molecule has 0 aromatic carbocycles. The number of carbonyl (C=O) groups is 1. The maximum atomic E-state index is 13.2. The van der Waals surface area contributed by atoms with Crippen LogP contribution >= 0.6 is 11.3 Å². The van der Waals surface area contributed by atoms with Gasteiger partial charge < -0.3 is 10.4 Å². The quantitative estimate of drug-likeness (QED) is 0.757. The lowest BCUT2D eigenvalue weighted by atomic mass is 10.1. The number of hydrogen-bond acceptors (Lipinski definition) is 7. The number of carboxylic acids is 1. The number of fused-ring (bicyclic) bond motifs is 1. The van der Waals surface area contributed by atoms with E-state index < -0.39 is 11.8 Å². The Morgan fingerprint density at radius 2 is 2.13 bits per heavy atom. The fourth-order valence-corrected chi connectivity index (χ4v) is 2.92. The average Bonchev–Trinajstić information content (AvgIpc) is 2.86. The summed E-state index contributed by atoms with van der Waals surface area (Å²) in [5.74, 6) is -1.48. The highest BCUT2D eigenvalue weighted by atomic mass is 32.1. The van der Waals surface area contributed by atoms with E-state index in [-0.39, 0.29) is 17.7 Å². The second-order valence-corrected chi connectivity index (χ2v) is 6.09. The topological polar surface area (TPSA) is 101 Å². The number of nitrogens with one attached hydrogen (secondary N) is 1. The van der Waals surface area contributed by atoms with E-state index in [0.29, 0.717) is 20.9 Å². The van der Waals surface area contributed by atoms with Gasteiger partial charge in [-0.05, 0) is 25.5 Å². The minimum Gasteiger partial charge on any atom is -0.476 e. The van der Waals surface area contributed by atoms with Gasteiger partial charge in [0, 0.05) is 6.20 Å². The van der Waals surface area contributed by atoms with Crippen molar-refractivity contribution in [2.75, 3.05) is 5.32 Å². The summed E-state index contributed by atoms with van der Waals surface area (Å²) < 4.78 is 13.7. The van der Waals surface area contributed by atoms with E-state index >= 15 is 0 Å². The van der Waals surface area contributed by atoms with Crippen molar-refractivity contribution in [3.05, 3.63) is 40.5 Å². The average molecular weight is 333 g/mol. The number of halogens is 1. The van der Waals surface area contributed by atoms with Crippen LogP contribution in [0.3, 0.4) is 0 Å². The summed E-state index contributed by atoms with van der Waals surface area (Å²) in [6, 6.07) is 0.992. The largest absolute Gasteiger partial charge is 0.476 e. The highest BCUT2D eigenvalue weighted by molar-refractivity contribution is 7.18. The molecule has 0 amide bonds. The maximum Gasteiger partial charge on any atom is 0.356 e. The molecule has 0 spiro atoms. The van der Waals surface area contributed by atoms with Crippen LogP contribution in [0.25, 0.3) is 10.3 Å². The molecule has 0 unspecified atom stereocenters. The van der Waals surface area contributed by atoms with Gasteiger partial charge in [0.1, 0.15) is 10.5 Å². The summed E-state index contributed by atoms with van der Waals surface area (Å²) >= 11 is 1.23. The molecule has 118 valence electrons. The van der Waals surface area contributed by atoms with Gasteiger partial charge in [0.15, 0.2) is 11.3 Å². The normalized spacial score (nSPS) is 12.3. The third-order valence-electron chi connectivity index (χ3n) is 3.14.